The van der Waals surface area contributed by atoms with Crippen LogP contribution in [0.3, 0.4) is 0 Å². The van der Waals surface area contributed by atoms with E-state index in [2.05, 4.69) is 21.4 Å². The number of aryl methyl sites for hydroxylation is 1. The molecule has 3 heterocycles. The highest BCUT2D eigenvalue weighted by Crippen LogP contribution is 2.32. The van der Waals surface area contributed by atoms with Gasteiger partial charge in [-0.05, 0) is 30.2 Å². The highest BCUT2D eigenvalue weighted by Gasteiger charge is 2.13. The molecule has 0 spiro atoms. The number of pyridine rings is 1. The first kappa shape index (κ1) is 14.6. The normalized spacial score (nSPS) is 11.0. The largest absolute Gasteiger partial charge is 0.364 e. The number of amides is 1. The van der Waals surface area contributed by atoms with Gasteiger partial charge < -0.3 is 5.73 Å². The van der Waals surface area contributed by atoms with Gasteiger partial charge >= 0.3 is 0 Å². The van der Waals surface area contributed by atoms with Crippen LogP contribution in [0.4, 0.5) is 0 Å². The first-order valence-electron chi connectivity index (χ1n) is 7.42. The van der Waals surface area contributed by atoms with Crippen molar-refractivity contribution in [2.45, 2.75) is 6.92 Å². The summed E-state index contributed by atoms with van der Waals surface area (Å²) >= 11 is 1.63. The second-order valence-corrected chi connectivity index (χ2v) is 6.51. The molecule has 1 aromatic carbocycles. The van der Waals surface area contributed by atoms with Crippen molar-refractivity contribution in [3.63, 3.8) is 0 Å². The van der Waals surface area contributed by atoms with Crippen molar-refractivity contribution >= 4 is 22.9 Å². The lowest BCUT2D eigenvalue weighted by Gasteiger charge is -2.09. The molecule has 2 N–H and O–H groups in total. The highest BCUT2D eigenvalue weighted by molar-refractivity contribution is 7.09. The van der Waals surface area contributed by atoms with Crippen LogP contribution in [0, 0.1) is 6.92 Å². The summed E-state index contributed by atoms with van der Waals surface area (Å²) in [5, 5.41) is 3.08. The zero-order valence-electron chi connectivity index (χ0n) is 12.9. The third-order valence-corrected chi connectivity index (χ3v) is 4.66. The monoisotopic (exact) mass is 334 g/mol. The Kier molecular flexibility index (Phi) is 3.39. The molecule has 118 valence electrons. The van der Waals surface area contributed by atoms with Gasteiger partial charge in [-0.1, -0.05) is 24.3 Å². The minimum Gasteiger partial charge on any atom is -0.364 e. The summed E-state index contributed by atoms with van der Waals surface area (Å²) in [7, 11) is 0. The molecule has 6 heteroatoms. The Morgan fingerprint density at radius 1 is 1.17 bits per heavy atom. The van der Waals surface area contributed by atoms with Crippen molar-refractivity contribution in [1.82, 2.24) is 14.4 Å². The van der Waals surface area contributed by atoms with Gasteiger partial charge in [0.1, 0.15) is 11.3 Å². The van der Waals surface area contributed by atoms with E-state index < -0.39 is 5.91 Å². The molecule has 24 heavy (non-hydrogen) atoms. The van der Waals surface area contributed by atoms with E-state index in [1.54, 1.807) is 15.7 Å². The van der Waals surface area contributed by atoms with E-state index in [1.807, 2.05) is 43.5 Å². The maximum absolute atomic E-state index is 11.6. The van der Waals surface area contributed by atoms with Crippen molar-refractivity contribution in [3.8, 4) is 22.4 Å². The lowest BCUT2D eigenvalue weighted by molar-refractivity contribution is 0.0995. The van der Waals surface area contributed by atoms with Gasteiger partial charge in [-0.25, -0.2) is 9.97 Å². The van der Waals surface area contributed by atoms with E-state index in [0.29, 0.717) is 11.3 Å². The number of carbonyl (C=O) groups excluding carboxylic acids is 1. The van der Waals surface area contributed by atoms with Crippen molar-refractivity contribution in [3.05, 3.63) is 64.9 Å². The zero-order valence-corrected chi connectivity index (χ0v) is 13.7. The minimum atomic E-state index is -0.497. The molecule has 5 nitrogen and oxygen atoms in total. The van der Waals surface area contributed by atoms with Gasteiger partial charge in [0.15, 0.2) is 0 Å². The van der Waals surface area contributed by atoms with E-state index in [1.165, 1.54) is 6.20 Å². The molecule has 1 amide bonds. The predicted octanol–water partition coefficient (Wildman–Crippen LogP) is 3.53. The number of primary amides is 1. The topological polar surface area (TPSA) is 73.3 Å². The number of imidazole rings is 1. The van der Waals surface area contributed by atoms with Crippen LogP contribution in [0.1, 0.15) is 15.5 Å². The molecule has 4 aromatic rings. The standard InChI is InChI=1S/C18H14N4OS/c1-11-21-15(10-24-11)14-5-3-2-4-13(14)12-6-7-17-20-8-16(18(19)23)22(17)9-12/h2-10H,1H3,(H2,19,23). The average Bonchev–Trinajstić information content (AvgIpc) is 3.20. The molecule has 0 bridgehead atoms. The summed E-state index contributed by atoms with van der Waals surface area (Å²) in [6, 6.07) is 12.0. The summed E-state index contributed by atoms with van der Waals surface area (Å²) in [5.74, 6) is -0.497. The molecule has 0 aliphatic heterocycles. The van der Waals surface area contributed by atoms with Crippen molar-refractivity contribution in [2.24, 2.45) is 5.73 Å². The molecule has 0 saturated heterocycles. The van der Waals surface area contributed by atoms with Crippen LogP contribution < -0.4 is 5.73 Å². The van der Waals surface area contributed by atoms with Gasteiger partial charge in [0.25, 0.3) is 5.91 Å². The van der Waals surface area contributed by atoms with Crippen molar-refractivity contribution in [1.29, 1.82) is 0 Å². The fraction of sp³-hybridized carbons (Fsp3) is 0.0556. The molecule has 0 fully saturated rings. The van der Waals surface area contributed by atoms with Gasteiger partial charge in [-0.3, -0.25) is 9.20 Å². The van der Waals surface area contributed by atoms with Crippen LogP contribution in [0.2, 0.25) is 0 Å². The number of nitrogens with two attached hydrogens (primary N) is 1. The third-order valence-electron chi connectivity index (χ3n) is 3.89. The molecule has 0 aliphatic carbocycles. The number of hydrogen-bond acceptors (Lipinski definition) is 4. The number of carbonyl (C=O) groups is 1. The van der Waals surface area contributed by atoms with Crippen LogP contribution in [0.15, 0.2) is 54.2 Å². The van der Waals surface area contributed by atoms with E-state index in [0.717, 1.165) is 27.4 Å². The molecule has 3 aromatic heterocycles. The van der Waals surface area contributed by atoms with Crippen molar-refractivity contribution in [2.75, 3.05) is 0 Å². The number of nitrogens with zero attached hydrogens (tertiary/aromatic N) is 3. The van der Waals surface area contributed by atoms with Crippen LogP contribution in [-0.2, 0) is 0 Å². The second kappa shape index (κ2) is 5.58. The summed E-state index contributed by atoms with van der Waals surface area (Å²) in [5.41, 5.74) is 10.5. The smallest absolute Gasteiger partial charge is 0.267 e. The van der Waals surface area contributed by atoms with Gasteiger partial charge in [0, 0.05) is 17.1 Å². The molecule has 0 atom stereocenters. The molecule has 0 unspecified atom stereocenters. The van der Waals surface area contributed by atoms with Crippen molar-refractivity contribution < 1.29 is 4.79 Å². The molecule has 0 saturated carbocycles. The Balaban J connectivity index is 1.92. The Bertz CT molecular complexity index is 1060. The van der Waals surface area contributed by atoms with Crippen LogP contribution in [0.25, 0.3) is 28.0 Å². The molecule has 0 aliphatic rings. The van der Waals surface area contributed by atoms with Gasteiger partial charge in [-0.15, -0.1) is 11.3 Å². The molecule has 4 rings (SSSR count). The predicted molar refractivity (Wildman–Crippen MR) is 95.0 cm³/mol. The number of hydrogen-bond donors (Lipinski definition) is 1. The zero-order chi connectivity index (χ0) is 16.7. The second-order valence-electron chi connectivity index (χ2n) is 5.45. The van der Waals surface area contributed by atoms with E-state index in [4.69, 9.17) is 5.73 Å². The fourth-order valence-electron chi connectivity index (χ4n) is 2.77. The minimum absolute atomic E-state index is 0.369. The Morgan fingerprint density at radius 3 is 2.67 bits per heavy atom. The number of benzene rings is 1. The fourth-order valence-corrected chi connectivity index (χ4v) is 3.38. The number of rotatable bonds is 3. The molecule has 0 radical (unpaired) electrons. The average molecular weight is 334 g/mol. The quantitative estimate of drug-likeness (QED) is 0.623. The summed E-state index contributed by atoms with van der Waals surface area (Å²) < 4.78 is 1.72. The molecular formula is C18H14N4OS. The highest BCUT2D eigenvalue weighted by atomic mass is 32.1. The third kappa shape index (κ3) is 2.37. The molecular weight excluding hydrogens is 320 g/mol. The first-order chi connectivity index (χ1) is 11.6. The number of aromatic nitrogens is 3. The van der Waals surface area contributed by atoms with E-state index in [-0.39, 0.29) is 0 Å². The lowest BCUT2D eigenvalue weighted by atomic mass is 9.99. The van der Waals surface area contributed by atoms with Gasteiger partial charge in [0.05, 0.1) is 16.9 Å². The maximum atomic E-state index is 11.6. The maximum Gasteiger partial charge on any atom is 0.267 e. The summed E-state index contributed by atoms with van der Waals surface area (Å²) in [6.07, 6.45) is 3.39. The SMILES string of the molecule is Cc1nc(-c2ccccc2-c2ccc3ncc(C(N)=O)n3c2)cs1. The van der Waals surface area contributed by atoms with Gasteiger partial charge in [0.2, 0.25) is 0 Å². The lowest BCUT2D eigenvalue weighted by Crippen LogP contribution is -2.13. The Labute approximate surface area is 142 Å². The van der Waals surface area contributed by atoms with E-state index >= 15 is 0 Å². The number of fused-ring (bicyclic) bond motifs is 1. The van der Waals surface area contributed by atoms with Crippen LogP contribution >= 0.6 is 11.3 Å². The number of thiazole rings is 1. The van der Waals surface area contributed by atoms with Gasteiger partial charge in [-0.2, -0.15) is 0 Å². The van der Waals surface area contributed by atoms with Crippen LogP contribution in [0.5, 0.6) is 0 Å². The summed E-state index contributed by atoms with van der Waals surface area (Å²) in [4.78, 5) is 20.4. The Morgan fingerprint density at radius 2 is 1.96 bits per heavy atom. The van der Waals surface area contributed by atoms with Crippen LogP contribution in [-0.4, -0.2) is 20.3 Å². The van der Waals surface area contributed by atoms with E-state index in [9.17, 15) is 4.79 Å². The Hall–Kier alpha value is -2.99. The summed E-state index contributed by atoms with van der Waals surface area (Å²) in [6.45, 7) is 1.99. The first-order valence-corrected chi connectivity index (χ1v) is 8.30.